The van der Waals surface area contributed by atoms with Crippen LogP contribution in [0.3, 0.4) is 0 Å². The predicted molar refractivity (Wildman–Crippen MR) is 174 cm³/mol. The summed E-state index contributed by atoms with van der Waals surface area (Å²) in [6.07, 6.45) is 9.80. The van der Waals surface area contributed by atoms with Crippen molar-refractivity contribution in [2.75, 3.05) is 58.5 Å². The standard InChI is InChI=1S/C34H36F2N6O4S/c1-4-24-26(35)8-5-19-11-23(43)12-25(27(19)24)30-28(36)29-31(47(44)42(30)22-15-45-16-22)32(41-13-20-6-7-21(14-41)37-20)39-33(38-29)46-18-34(9-10-34)17-40(2)3/h1,5,8,11-12,20-22,37,43H,6-7,9-10,13-18H2,2-3H3. The van der Waals surface area contributed by atoms with Crippen molar-refractivity contribution in [2.45, 2.75) is 48.7 Å². The van der Waals surface area contributed by atoms with Gasteiger partial charge in [0.05, 0.1) is 37.1 Å². The van der Waals surface area contributed by atoms with Gasteiger partial charge in [0, 0.05) is 48.1 Å². The smallest absolute Gasteiger partial charge is 0.319 e. The first-order valence-electron chi connectivity index (χ1n) is 16.0. The molecule has 246 valence electrons. The molecule has 8 rings (SSSR count). The molecule has 1 aromatic heterocycles. The number of aromatic hydroxyl groups is 1. The van der Waals surface area contributed by atoms with Gasteiger partial charge in [-0.25, -0.2) is 13.0 Å². The molecular formula is C34H36F2N6O4S. The average Bonchev–Trinajstić information content (AvgIpc) is 3.70. The monoisotopic (exact) mass is 662 g/mol. The third kappa shape index (κ3) is 5.22. The molecule has 3 unspecified atom stereocenters. The second-order valence-corrected chi connectivity index (χ2v) is 15.0. The van der Waals surface area contributed by atoms with Crippen molar-refractivity contribution >= 4 is 39.1 Å². The van der Waals surface area contributed by atoms with Crippen molar-refractivity contribution in [1.29, 1.82) is 0 Å². The normalized spacial score (nSPS) is 24.8. The fourth-order valence-corrected chi connectivity index (χ4v) is 9.01. The van der Waals surface area contributed by atoms with E-state index in [-0.39, 0.29) is 75.3 Å². The van der Waals surface area contributed by atoms with E-state index in [9.17, 15) is 9.32 Å². The van der Waals surface area contributed by atoms with E-state index in [0.717, 1.165) is 32.2 Å². The van der Waals surface area contributed by atoms with E-state index < -0.39 is 28.7 Å². The lowest BCUT2D eigenvalue weighted by Gasteiger charge is -2.42. The lowest BCUT2D eigenvalue weighted by Crippen LogP contribution is -2.53. The number of benzene rings is 2. The van der Waals surface area contributed by atoms with Crippen molar-refractivity contribution in [2.24, 2.45) is 5.41 Å². The van der Waals surface area contributed by atoms with Crippen LogP contribution >= 0.6 is 0 Å². The Morgan fingerprint density at radius 2 is 1.94 bits per heavy atom. The number of hydrogen-bond donors (Lipinski definition) is 2. The van der Waals surface area contributed by atoms with Crippen LogP contribution in [-0.2, 0) is 15.7 Å². The van der Waals surface area contributed by atoms with E-state index in [1.54, 1.807) is 0 Å². The number of phenolic OH excluding ortho intramolecular Hbond substituents is 1. The molecule has 3 aromatic rings. The Bertz CT molecular complexity index is 1880. The molecule has 3 atom stereocenters. The number of anilines is 1. The van der Waals surface area contributed by atoms with Gasteiger partial charge in [0.25, 0.3) is 0 Å². The van der Waals surface area contributed by atoms with Gasteiger partial charge in [-0.3, -0.25) is 4.31 Å². The molecule has 10 nitrogen and oxygen atoms in total. The van der Waals surface area contributed by atoms with Crippen molar-refractivity contribution in [1.82, 2.24) is 24.5 Å². The van der Waals surface area contributed by atoms with Crippen LogP contribution in [0.2, 0.25) is 0 Å². The highest BCUT2D eigenvalue weighted by Gasteiger charge is 2.47. The van der Waals surface area contributed by atoms with Crippen molar-refractivity contribution < 1.29 is 27.6 Å². The Hall–Kier alpha value is -3.83. The molecule has 1 saturated carbocycles. The van der Waals surface area contributed by atoms with Crippen LogP contribution in [-0.4, -0.2) is 100 Å². The van der Waals surface area contributed by atoms with E-state index in [2.05, 4.69) is 26.0 Å². The summed E-state index contributed by atoms with van der Waals surface area (Å²) in [4.78, 5) is 13.8. The molecule has 1 aliphatic carbocycles. The summed E-state index contributed by atoms with van der Waals surface area (Å²) in [5.41, 5.74) is -0.251. The van der Waals surface area contributed by atoms with E-state index in [0.29, 0.717) is 30.9 Å². The molecule has 4 aliphatic heterocycles. The van der Waals surface area contributed by atoms with Crippen molar-refractivity contribution in [3.63, 3.8) is 0 Å². The topological polar surface area (TPSA) is 103 Å². The number of fused-ring (bicyclic) bond motifs is 4. The lowest BCUT2D eigenvalue weighted by atomic mass is 9.95. The minimum absolute atomic E-state index is 0.0118. The number of halogens is 2. The van der Waals surface area contributed by atoms with Gasteiger partial charge in [0.2, 0.25) is 0 Å². The summed E-state index contributed by atoms with van der Waals surface area (Å²) < 4.78 is 60.6. The number of rotatable bonds is 8. The molecule has 2 aromatic carbocycles. The van der Waals surface area contributed by atoms with Crippen LogP contribution in [0.15, 0.2) is 29.2 Å². The maximum Gasteiger partial charge on any atom is 0.319 e. The third-order valence-corrected chi connectivity index (χ3v) is 11.4. The minimum atomic E-state index is -2.01. The second kappa shape index (κ2) is 11.4. The van der Waals surface area contributed by atoms with Gasteiger partial charge in [-0.15, -0.1) is 6.42 Å². The maximum absolute atomic E-state index is 17.5. The van der Waals surface area contributed by atoms with Gasteiger partial charge in [-0.2, -0.15) is 9.97 Å². The number of ether oxygens (including phenoxy) is 2. The number of hydrogen-bond acceptors (Lipinski definition) is 9. The zero-order valence-corrected chi connectivity index (χ0v) is 27.1. The van der Waals surface area contributed by atoms with Crippen LogP contribution in [0.4, 0.5) is 14.6 Å². The fraction of sp³-hybridized carbons (Fsp3) is 0.471. The summed E-state index contributed by atoms with van der Waals surface area (Å²) in [7, 11) is 2.03. The zero-order chi connectivity index (χ0) is 32.6. The van der Waals surface area contributed by atoms with Gasteiger partial charge < -0.3 is 29.7 Å². The summed E-state index contributed by atoms with van der Waals surface area (Å²) >= 11 is 0. The molecule has 5 aliphatic rings. The molecule has 2 bridgehead atoms. The third-order valence-electron chi connectivity index (χ3n) is 9.85. The highest BCUT2D eigenvalue weighted by atomic mass is 32.2. The Morgan fingerprint density at radius 3 is 2.57 bits per heavy atom. The Labute approximate surface area is 274 Å². The Balaban J connectivity index is 1.34. The molecule has 13 heteroatoms. The molecule has 4 fully saturated rings. The first-order chi connectivity index (χ1) is 22.6. The minimum Gasteiger partial charge on any atom is -0.508 e. The first kappa shape index (κ1) is 30.5. The quantitative estimate of drug-likeness (QED) is 0.350. The van der Waals surface area contributed by atoms with E-state index >= 15 is 8.78 Å². The van der Waals surface area contributed by atoms with Crippen LogP contribution < -0.4 is 15.0 Å². The molecule has 0 amide bonds. The number of terminal acetylenes is 1. The molecule has 5 heterocycles. The van der Waals surface area contributed by atoms with Gasteiger partial charge in [-0.1, -0.05) is 12.0 Å². The fourth-order valence-electron chi connectivity index (χ4n) is 7.45. The van der Waals surface area contributed by atoms with E-state index in [4.69, 9.17) is 20.9 Å². The van der Waals surface area contributed by atoms with Gasteiger partial charge in [-0.05, 0) is 63.4 Å². The first-order valence-corrected chi connectivity index (χ1v) is 17.1. The number of piperazine rings is 1. The van der Waals surface area contributed by atoms with Crippen LogP contribution in [0.5, 0.6) is 11.8 Å². The van der Waals surface area contributed by atoms with Gasteiger partial charge in [0.15, 0.2) is 22.6 Å². The van der Waals surface area contributed by atoms with Crippen LogP contribution in [0, 0.1) is 23.6 Å². The maximum atomic E-state index is 17.5. The predicted octanol–water partition coefficient (Wildman–Crippen LogP) is 3.65. The van der Waals surface area contributed by atoms with Crippen molar-refractivity contribution in [3.8, 4) is 24.1 Å². The second-order valence-electron chi connectivity index (χ2n) is 13.7. The number of nitrogens with one attached hydrogen (secondary N) is 1. The summed E-state index contributed by atoms with van der Waals surface area (Å²) in [5, 5.41) is 15.0. The van der Waals surface area contributed by atoms with Crippen LogP contribution in [0.1, 0.15) is 42.5 Å². The lowest BCUT2D eigenvalue weighted by molar-refractivity contribution is -0.0220. The molecular weight excluding hydrogens is 626 g/mol. The Morgan fingerprint density at radius 1 is 1.19 bits per heavy atom. The summed E-state index contributed by atoms with van der Waals surface area (Å²) in [6, 6.07) is 5.48. The van der Waals surface area contributed by atoms with Gasteiger partial charge >= 0.3 is 6.01 Å². The molecule has 3 saturated heterocycles. The van der Waals surface area contributed by atoms with Crippen molar-refractivity contribution in [3.05, 3.63) is 46.9 Å². The molecule has 47 heavy (non-hydrogen) atoms. The largest absolute Gasteiger partial charge is 0.508 e. The average molecular weight is 663 g/mol. The van der Waals surface area contributed by atoms with Crippen LogP contribution in [0.25, 0.3) is 22.3 Å². The number of phenols is 1. The molecule has 2 N–H and O–H groups in total. The highest BCUT2D eigenvalue weighted by Crippen LogP contribution is 2.49. The van der Waals surface area contributed by atoms with Gasteiger partial charge in [0.1, 0.15) is 22.2 Å². The SMILES string of the molecule is C#Cc1c(F)ccc2cc(O)cc(C3=C(F)c4nc(OCC5(CN(C)C)CC5)nc(N5CC6CCC(C5)N6)c4S(=O)N3C3COC3)c12. The molecule has 0 spiro atoms. The van der Waals surface area contributed by atoms with E-state index in [1.165, 1.54) is 28.6 Å². The number of nitrogens with zero attached hydrogens (tertiary/aromatic N) is 5. The summed E-state index contributed by atoms with van der Waals surface area (Å²) in [6.45, 7) is 2.85. The number of aromatic nitrogens is 2. The highest BCUT2D eigenvalue weighted by molar-refractivity contribution is 7.83. The molecule has 0 radical (unpaired) electrons. The Kier molecular flexibility index (Phi) is 7.40. The van der Waals surface area contributed by atoms with E-state index in [1.807, 2.05) is 14.1 Å². The summed E-state index contributed by atoms with van der Waals surface area (Å²) in [5.74, 6) is 1.16. The zero-order valence-electron chi connectivity index (χ0n) is 26.3.